The molecule has 0 bridgehead atoms. The average Bonchev–Trinajstić information content (AvgIpc) is 2.61. The molecule has 0 aromatic carbocycles. The van der Waals surface area contributed by atoms with Gasteiger partial charge in [-0.15, -0.1) is 0 Å². The Morgan fingerprint density at radius 1 is 1.50 bits per heavy atom. The third-order valence-electron chi connectivity index (χ3n) is 2.94. The number of rotatable bonds is 5. The van der Waals surface area contributed by atoms with Crippen molar-refractivity contribution in [3.8, 4) is 0 Å². The van der Waals surface area contributed by atoms with Crippen molar-refractivity contribution in [3.63, 3.8) is 0 Å². The van der Waals surface area contributed by atoms with Crippen LogP contribution in [0.25, 0.3) is 0 Å². The third kappa shape index (κ3) is 5.10. The fraction of sp³-hybridized carbons (Fsp3) is 0.846. The summed E-state index contributed by atoms with van der Waals surface area (Å²) >= 11 is 0. The van der Waals surface area contributed by atoms with Crippen LogP contribution in [0.5, 0.6) is 0 Å². The molecule has 1 saturated heterocycles. The van der Waals surface area contributed by atoms with Crippen molar-refractivity contribution in [1.82, 2.24) is 10.2 Å². The Morgan fingerprint density at radius 3 is 2.69 bits per heavy atom. The molecule has 0 aromatic rings. The zero-order valence-electron chi connectivity index (χ0n) is 10.9. The van der Waals surface area contributed by atoms with Crippen LogP contribution in [0.15, 0.2) is 12.2 Å². The number of aliphatic hydroxyl groups excluding tert-OH is 1. The standard InChI is InChI=1S/C13H26N2O/c1-11(7-14-13(2,3)4)8-15-6-5-12(9-15)10-16/h12,14,16H,1,5-10H2,2-4H3. The van der Waals surface area contributed by atoms with E-state index >= 15 is 0 Å². The zero-order chi connectivity index (χ0) is 12.2. The van der Waals surface area contributed by atoms with E-state index in [9.17, 15) is 0 Å². The van der Waals surface area contributed by atoms with Gasteiger partial charge in [0.15, 0.2) is 0 Å². The number of hydrogen-bond donors (Lipinski definition) is 2. The van der Waals surface area contributed by atoms with Crippen LogP contribution in [0, 0.1) is 5.92 Å². The highest BCUT2D eigenvalue weighted by Gasteiger charge is 2.21. The first-order valence-electron chi connectivity index (χ1n) is 6.15. The fourth-order valence-corrected chi connectivity index (χ4v) is 1.97. The SMILES string of the molecule is C=C(CNC(C)(C)C)CN1CCC(CO)C1. The van der Waals surface area contributed by atoms with Crippen molar-refractivity contribution in [2.24, 2.45) is 5.92 Å². The summed E-state index contributed by atoms with van der Waals surface area (Å²) < 4.78 is 0. The monoisotopic (exact) mass is 226 g/mol. The van der Waals surface area contributed by atoms with E-state index in [0.717, 1.165) is 32.6 Å². The fourth-order valence-electron chi connectivity index (χ4n) is 1.97. The molecule has 2 N–H and O–H groups in total. The Balaban J connectivity index is 2.20. The molecule has 94 valence electrons. The quantitative estimate of drug-likeness (QED) is 0.693. The lowest BCUT2D eigenvalue weighted by Crippen LogP contribution is -2.38. The van der Waals surface area contributed by atoms with Crippen LogP contribution in [0.3, 0.4) is 0 Å². The van der Waals surface area contributed by atoms with E-state index in [2.05, 4.69) is 37.6 Å². The number of hydrogen-bond acceptors (Lipinski definition) is 3. The second-order valence-corrected chi connectivity index (χ2v) is 5.93. The van der Waals surface area contributed by atoms with Crippen LogP contribution >= 0.6 is 0 Å². The summed E-state index contributed by atoms with van der Waals surface area (Å²) in [5.74, 6) is 0.475. The van der Waals surface area contributed by atoms with E-state index in [0.29, 0.717) is 12.5 Å². The van der Waals surface area contributed by atoms with E-state index in [-0.39, 0.29) is 5.54 Å². The first kappa shape index (κ1) is 13.7. The molecular formula is C13H26N2O. The molecule has 1 aliphatic heterocycles. The molecule has 16 heavy (non-hydrogen) atoms. The van der Waals surface area contributed by atoms with Crippen molar-refractivity contribution in [2.45, 2.75) is 32.7 Å². The van der Waals surface area contributed by atoms with Crippen LogP contribution < -0.4 is 5.32 Å². The van der Waals surface area contributed by atoms with Gasteiger partial charge in [-0.2, -0.15) is 0 Å². The largest absolute Gasteiger partial charge is 0.396 e. The Kier molecular flexibility index (Phi) is 4.96. The Bertz CT molecular complexity index is 233. The second kappa shape index (κ2) is 5.80. The van der Waals surface area contributed by atoms with Crippen molar-refractivity contribution < 1.29 is 5.11 Å². The van der Waals surface area contributed by atoms with Gasteiger partial charge >= 0.3 is 0 Å². The van der Waals surface area contributed by atoms with Gasteiger partial charge in [0.2, 0.25) is 0 Å². The van der Waals surface area contributed by atoms with Crippen molar-refractivity contribution >= 4 is 0 Å². The first-order valence-corrected chi connectivity index (χ1v) is 6.15. The lowest BCUT2D eigenvalue weighted by atomic mass is 10.1. The van der Waals surface area contributed by atoms with Crippen LogP contribution in [-0.4, -0.2) is 48.3 Å². The molecule has 0 spiro atoms. The van der Waals surface area contributed by atoms with Gasteiger partial charge in [-0.25, -0.2) is 0 Å². The molecule has 0 saturated carbocycles. The molecule has 0 radical (unpaired) electrons. The molecule has 1 unspecified atom stereocenters. The summed E-state index contributed by atoms with van der Waals surface area (Å²) in [6.45, 7) is 14.9. The van der Waals surface area contributed by atoms with Gasteiger partial charge in [0.1, 0.15) is 0 Å². The van der Waals surface area contributed by atoms with E-state index in [1.807, 2.05) is 0 Å². The Morgan fingerprint density at radius 2 is 2.19 bits per heavy atom. The lowest BCUT2D eigenvalue weighted by molar-refractivity contribution is 0.224. The smallest absolute Gasteiger partial charge is 0.0471 e. The van der Waals surface area contributed by atoms with Gasteiger partial charge in [-0.3, -0.25) is 4.90 Å². The number of likely N-dealkylation sites (tertiary alicyclic amines) is 1. The van der Waals surface area contributed by atoms with Gasteiger partial charge < -0.3 is 10.4 Å². The molecule has 1 rings (SSSR count). The minimum atomic E-state index is 0.154. The molecule has 0 amide bonds. The number of nitrogens with zero attached hydrogens (tertiary/aromatic N) is 1. The summed E-state index contributed by atoms with van der Waals surface area (Å²) in [6, 6.07) is 0. The van der Waals surface area contributed by atoms with Crippen LogP contribution in [0.1, 0.15) is 27.2 Å². The van der Waals surface area contributed by atoms with E-state index in [1.54, 1.807) is 0 Å². The minimum absolute atomic E-state index is 0.154. The van der Waals surface area contributed by atoms with E-state index < -0.39 is 0 Å². The van der Waals surface area contributed by atoms with Gasteiger partial charge in [0.25, 0.3) is 0 Å². The van der Waals surface area contributed by atoms with E-state index in [4.69, 9.17) is 5.11 Å². The molecular weight excluding hydrogens is 200 g/mol. The third-order valence-corrected chi connectivity index (χ3v) is 2.94. The summed E-state index contributed by atoms with van der Waals surface area (Å²) in [4.78, 5) is 2.38. The molecule has 3 nitrogen and oxygen atoms in total. The van der Waals surface area contributed by atoms with Crippen LogP contribution in [-0.2, 0) is 0 Å². The van der Waals surface area contributed by atoms with Crippen molar-refractivity contribution in [2.75, 3.05) is 32.8 Å². The summed E-state index contributed by atoms with van der Waals surface area (Å²) in [7, 11) is 0. The summed E-state index contributed by atoms with van der Waals surface area (Å²) in [6.07, 6.45) is 1.12. The van der Waals surface area contributed by atoms with Gasteiger partial charge in [0.05, 0.1) is 0 Å². The molecule has 0 aromatic heterocycles. The molecule has 1 heterocycles. The topological polar surface area (TPSA) is 35.5 Å². The zero-order valence-corrected chi connectivity index (χ0v) is 10.9. The highest BCUT2D eigenvalue weighted by Crippen LogP contribution is 2.16. The maximum Gasteiger partial charge on any atom is 0.0471 e. The Hall–Kier alpha value is -0.380. The maximum absolute atomic E-state index is 9.07. The van der Waals surface area contributed by atoms with Crippen molar-refractivity contribution in [1.29, 1.82) is 0 Å². The number of nitrogens with one attached hydrogen (secondary N) is 1. The summed E-state index contributed by atoms with van der Waals surface area (Å²) in [5.41, 5.74) is 1.38. The molecule has 1 atom stereocenters. The molecule has 3 heteroatoms. The Labute approximate surface area is 99.5 Å². The lowest BCUT2D eigenvalue weighted by Gasteiger charge is -2.23. The predicted molar refractivity (Wildman–Crippen MR) is 68.5 cm³/mol. The molecule has 1 fully saturated rings. The predicted octanol–water partition coefficient (Wildman–Crippen LogP) is 1.24. The number of aliphatic hydroxyl groups is 1. The van der Waals surface area contributed by atoms with E-state index in [1.165, 1.54) is 5.57 Å². The van der Waals surface area contributed by atoms with Crippen LogP contribution in [0.2, 0.25) is 0 Å². The average molecular weight is 226 g/mol. The maximum atomic E-state index is 9.07. The van der Waals surface area contributed by atoms with Gasteiger partial charge in [-0.1, -0.05) is 6.58 Å². The van der Waals surface area contributed by atoms with Gasteiger partial charge in [-0.05, 0) is 45.2 Å². The normalized spacial score (nSPS) is 22.6. The summed E-state index contributed by atoms with van der Waals surface area (Å²) in [5, 5.41) is 12.5. The first-order chi connectivity index (χ1) is 7.40. The second-order valence-electron chi connectivity index (χ2n) is 5.93. The van der Waals surface area contributed by atoms with Crippen LogP contribution in [0.4, 0.5) is 0 Å². The van der Waals surface area contributed by atoms with Gasteiger partial charge in [0, 0.05) is 31.8 Å². The molecule has 1 aliphatic rings. The molecule has 0 aliphatic carbocycles. The highest BCUT2D eigenvalue weighted by molar-refractivity contribution is 5.02. The minimum Gasteiger partial charge on any atom is -0.396 e. The highest BCUT2D eigenvalue weighted by atomic mass is 16.3. The van der Waals surface area contributed by atoms with Crippen molar-refractivity contribution in [3.05, 3.63) is 12.2 Å².